The van der Waals surface area contributed by atoms with Crippen LogP contribution in [0.25, 0.3) is 27.6 Å². The van der Waals surface area contributed by atoms with Gasteiger partial charge in [-0.2, -0.15) is 14.5 Å². The van der Waals surface area contributed by atoms with E-state index in [2.05, 4.69) is 24.8 Å². The highest BCUT2D eigenvalue weighted by molar-refractivity contribution is 7.08. The number of aryl methyl sites for hydroxylation is 2. The van der Waals surface area contributed by atoms with E-state index >= 15 is 0 Å². The van der Waals surface area contributed by atoms with Gasteiger partial charge in [0.2, 0.25) is 16.5 Å². The Morgan fingerprint density at radius 3 is 2.62 bits per heavy atom. The number of rotatable bonds is 7. The maximum Gasteiger partial charge on any atom is 0.341 e. The van der Waals surface area contributed by atoms with Crippen LogP contribution in [0.2, 0.25) is 0 Å². The lowest BCUT2D eigenvalue weighted by molar-refractivity contribution is -0.120. The van der Waals surface area contributed by atoms with Crippen molar-refractivity contribution < 1.29 is 14.7 Å². The number of carboxylic acid groups (broad SMARTS) is 1. The van der Waals surface area contributed by atoms with Gasteiger partial charge < -0.3 is 15.3 Å². The quantitative estimate of drug-likeness (QED) is 0.289. The number of aromatic nitrogens is 7. The summed E-state index contributed by atoms with van der Waals surface area (Å²) in [4.78, 5) is 53.5. The van der Waals surface area contributed by atoms with Crippen LogP contribution in [-0.2, 0) is 4.79 Å². The standard InChI is InChI=1S/C28H27N9O4S/c1-14(2)37-16(4)9-20(33-37)30-26(39)18-11-35(12-18)21-8-15(3)22-23(38)19(27(40)41)13-36(25(22)31-21)28-32-24(34-42-28)17-6-5-7-29-10-17/h5-10,13-14,18H,11-12H2,1-4H3,(H,40,41)(H,30,33,39). The van der Waals surface area contributed by atoms with Crippen molar-refractivity contribution in [2.24, 2.45) is 5.92 Å². The second kappa shape index (κ2) is 10.4. The molecule has 1 aliphatic rings. The van der Waals surface area contributed by atoms with Crippen LogP contribution in [0.4, 0.5) is 11.6 Å². The van der Waals surface area contributed by atoms with E-state index in [0.29, 0.717) is 46.8 Å². The lowest BCUT2D eigenvalue weighted by Crippen LogP contribution is -2.52. The van der Waals surface area contributed by atoms with Crippen molar-refractivity contribution in [1.82, 2.24) is 33.7 Å². The van der Waals surface area contributed by atoms with Gasteiger partial charge in [0.05, 0.1) is 11.3 Å². The van der Waals surface area contributed by atoms with Gasteiger partial charge in [-0.15, -0.1) is 0 Å². The molecule has 13 nitrogen and oxygen atoms in total. The van der Waals surface area contributed by atoms with Crippen molar-refractivity contribution in [3.63, 3.8) is 0 Å². The van der Waals surface area contributed by atoms with Crippen molar-refractivity contribution in [1.29, 1.82) is 0 Å². The van der Waals surface area contributed by atoms with E-state index in [4.69, 9.17) is 4.98 Å². The first kappa shape index (κ1) is 27.2. The molecule has 0 aliphatic carbocycles. The molecule has 2 N–H and O–H groups in total. The second-order valence-corrected chi connectivity index (χ2v) is 11.2. The summed E-state index contributed by atoms with van der Waals surface area (Å²) < 4.78 is 7.76. The van der Waals surface area contributed by atoms with Gasteiger partial charge in [-0.3, -0.25) is 23.8 Å². The van der Waals surface area contributed by atoms with Gasteiger partial charge in [-0.25, -0.2) is 9.78 Å². The van der Waals surface area contributed by atoms with Crippen molar-refractivity contribution in [2.75, 3.05) is 23.3 Å². The highest BCUT2D eigenvalue weighted by atomic mass is 32.1. The first-order valence-electron chi connectivity index (χ1n) is 13.3. The number of amides is 1. The highest BCUT2D eigenvalue weighted by Crippen LogP contribution is 2.30. The number of aromatic carboxylic acids is 1. The van der Waals surface area contributed by atoms with Gasteiger partial charge in [0, 0.05) is 66.6 Å². The monoisotopic (exact) mass is 585 g/mol. The fraction of sp³-hybridized carbons (Fsp3) is 0.286. The molecule has 1 amide bonds. The first-order valence-corrected chi connectivity index (χ1v) is 14.0. The maximum atomic E-state index is 13.2. The number of hydrogen-bond acceptors (Lipinski definition) is 10. The first-order chi connectivity index (χ1) is 20.1. The molecule has 0 radical (unpaired) electrons. The molecule has 1 fully saturated rings. The van der Waals surface area contributed by atoms with Crippen LogP contribution in [0.3, 0.4) is 0 Å². The van der Waals surface area contributed by atoms with Crippen molar-refractivity contribution in [3.8, 4) is 16.5 Å². The minimum atomic E-state index is -1.35. The molecule has 5 aromatic rings. The smallest absolute Gasteiger partial charge is 0.341 e. The van der Waals surface area contributed by atoms with Gasteiger partial charge in [0.1, 0.15) is 11.4 Å². The maximum absolute atomic E-state index is 13.2. The number of nitrogens with zero attached hydrogens (tertiary/aromatic N) is 8. The molecular weight excluding hydrogens is 558 g/mol. The summed E-state index contributed by atoms with van der Waals surface area (Å²) in [6.45, 7) is 8.59. The van der Waals surface area contributed by atoms with Crippen LogP contribution in [0.1, 0.15) is 41.5 Å². The number of carboxylic acids is 1. The molecule has 0 spiro atoms. The molecule has 1 saturated heterocycles. The van der Waals surface area contributed by atoms with Gasteiger partial charge >= 0.3 is 5.97 Å². The molecule has 0 bridgehead atoms. The van der Waals surface area contributed by atoms with Crippen LogP contribution in [0.15, 0.2) is 47.7 Å². The molecule has 0 saturated carbocycles. The van der Waals surface area contributed by atoms with Crippen LogP contribution < -0.4 is 15.6 Å². The Labute approximate surface area is 243 Å². The molecule has 0 unspecified atom stereocenters. The van der Waals surface area contributed by atoms with E-state index in [9.17, 15) is 19.5 Å². The summed E-state index contributed by atoms with van der Waals surface area (Å²) in [5.41, 5.74) is 1.47. The summed E-state index contributed by atoms with van der Waals surface area (Å²) in [7, 11) is 0. The van der Waals surface area contributed by atoms with E-state index in [1.165, 1.54) is 10.8 Å². The molecular formula is C28H27N9O4S. The number of anilines is 2. The second-order valence-electron chi connectivity index (χ2n) is 10.5. The van der Waals surface area contributed by atoms with Crippen molar-refractivity contribution in [2.45, 2.75) is 33.7 Å². The molecule has 14 heteroatoms. The average Bonchev–Trinajstić information content (AvgIpc) is 3.55. The third-order valence-corrected chi connectivity index (χ3v) is 7.87. The molecule has 5 aromatic heterocycles. The zero-order chi connectivity index (χ0) is 29.7. The van der Waals surface area contributed by atoms with Crippen molar-refractivity contribution in [3.05, 3.63) is 69.9 Å². The zero-order valence-corrected chi connectivity index (χ0v) is 24.1. The molecule has 1 aliphatic heterocycles. The lowest BCUT2D eigenvalue weighted by Gasteiger charge is -2.39. The Kier molecular flexibility index (Phi) is 6.77. The van der Waals surface area contributed by atoms with Gasteiger partial charge in [-0.05, 0) is 51.5 Å². The number of nitrogens with one attached hydrogen (secondary N) is 1. The Morgan fingerprint density at radius 2 is 1.95 bits per heavy atom. The van der Waals surface area contributed by atoms with E-state index < -0.39 is 17.0 Å². The van der Waals surface area contributed by atoms with Gasteiger partial charge in [-0.1, -0.05) is 0 Å². The summed E-state index contributed by atoms with van der Waals surface area (Å²) in [5, 5.41) is 17.7. The molecule has 42 heavy (non-hydrogen) atoms. The van der Waals surface area contributed by atoms with Gasteiger partial charge in [0.15, 0.2) is 17.3 Å². The zero-order valence-electron chi connectivity index (χ0n) is 23.3. The van der Waals surface area contributed by atoms with E-state index in [1.807, 2.05) is 42.5 Å². The minimum absolute atomic E-state index is 0.128. The molecule has 6 heterocycles. The Morgan fingerprint density at radius 1 is 1.17 bits per heavy atom. The predicted octanol–water partition coefficient (Wildman–Crippen LogP) is 3.47. The molecule has 0 aromatic carbocycles. The Balaban J connectivity index is 1.31. The topological polar surface area (TPSA) is 161 Å². The van der Waals surface area contributed by atoms with Crippen LogP contribution >= 0.6 is 11.5 Å². The van der Waals surface area contributed by atoms with E-state index in [1.54, 1.807) is 31.5 Å². The summed E-state index contributed by atoms with van der Waals surface area (Å²) in [5.74, 6) is -0.237. The Bertz CT molecular complexity index is 1910. The van der Waals surface area contributed by atoms with Crippen molar-refractivity contribution >= 4 is 46.1 Å². The summed E-state index contributed by atoms with van der Waals surface area (Å²) in [6.07, 6.45) is 4.51. The van der Waals surface area contributed by atoms with E-state index in [0.717, 1.165) is 17.2 Å². The summed E-state index contributed by atoms with van der Waals surface area (Å²) in [6, 6.07) is 7.36. The number of carbonyl (C=O) groups is 2. The fourth-order valence-electron chi connectivity index (χ4n) is 4.99. The lowest BCUT2D eigenvalue weighted by atomic mass is 9.98. The fourth-order valence-corrected chi connectivity index (χ4v) is 5.66. The largest absolute Gasteiger partial charge is 0.477 e. The number of fused-ring (bicyclic) bond motifs is 1. The van der Waals surface area contributed by atoms with Gasteiger partial charge in [0.25, 0.3) is 0 Å². The Hall–Kier alpha value is -4.98. The molecule has 214 valence electrons. The minimum Gasteiger partial charge on any atom is -0.477 e. The normalized spacial score (nSPS) is 13.5. The van der Waals surface area contributed by atoms with E-state index in [-0.39, 0.29) is 28.9 Å². The average molecular weight is 586 g/mol. The summed E-state index contributed by atoms with van der Waals surface area (Å²) >= 11 is 1.05. The third kappa shape index (κ3) is 4.79. The van der Waals surface area contributed by atoms with Crippen LogP contribution in [0.5, 0.6) is 0 Å². The number of hydrogen-bond donors (Lipinski definition) is 2. The highest BCUT2D eigenvalue weighted by Gasteiger charge is 2.34. The molecule has 0 atom stereocenters. The third-order valence-electron chi connectivity index (χ3n) is 7.15. The SMILES string of the molecule is Cc1cc(N2CC(C(=O)Nc3cc(C)n(C(C)C)n3)C2)nc2c1c(=O)c(C(=O)O)cn2-c1nc(-c2cccnc2)ns1. The number of carbonyl (C=O) groups excluding carboxylic acids is 1. The van der Waals surface area contributed by atoms with Crippen LogP contribution in [-0.4, -0.2) is 63.7 Å². The predicted molar refractivity (Wildman–Crippen MR) is 157 cm³/mol. The van der Waals surface area contributed by atoms with Crippen LogP contribution in [0, 0.1) is 19.8 Å². The molecule has 6 rings (SSSR count). The number of pyridine rings is 3.